The van der Waals surface area contributed by atoms with Gasteiger partial charge in [-0.25, -0.2) is 4.98 Å². The molecule has 1 aromatic heterocycles. The van der Waals surface area contributed by atoms with Gasteiger partial charge in [0.1, 0.15) is 5.01 Å². The fourth-order valence-corrected chi connectivity index (χ4v) is 9.18. The molecule has 1 heterocycles. The van der Waals surface area contributed by atoms with Crippen molar-refractivity contribution in [3.8, 4) is 55.1 Å². The number of fused-ring (bicyclic) bond motifs is 4. The van der Waals surface area contributed by atoms with Crippen LogP contribution in [0.4, 0.5) is 17.1 Å². The first-order valence-corrected chi connectivity index (χ1v) is 19.7. The van der Waals surface area contributed by atoms with Crippen molar-refractivity contribution in [2.75, 3.05) is 4.90 Å². The van der Waals surface area contributed by atoms with Gasteiger partial charge in [-0.15, -0.1) is 11.3 Å². The molecular formula is C52H38N2S. The monoisotopic (exact) mass is 722 g/mol. The third kappa shape index (κ3) is 5.94. The first-order valence-electron chi connectivity index (χ1n) is 18.9. The third-order valence-electron chi connectivity index (χ3n) is 11.1. The van der Waals surface area contributed by atoms with Gasteiger partial charge in [0.05, 0.1) is 10.2 Å². The summed E-state index contributed by atoms with van der Waals surface area (Å²) in [5, 5.41) is 1.02. The molecule has 9 aromatic rings. The molecule has 8 aromatic carbocycles. The van der Waals surface area contributed by atoms with Crippen LogP contribution in [-0.2, 0) is 5.41 Å². The predicted octanol–water partition coefficient (Wildman–Crippen LogP) is 14.7. The Morgan fingerprint density at radius 1 is 0.400 bits per heavy atom. The summed E-state index contributed by atoms with van der Waals surface area (Å²) in [5.74, 6) is 0. The van der Waals surface area contributed by atoms with E-state index < -0.39 is 0 Å². The maximum absolute atomic E-state index is 5.25. The minimum atomic E-state index is -0.126. The Morgan fingerprint density at radius 3 is 1.56 bits per heavy atom. The number of hydrogen-bond donors (Lipinski definition) is 0. The van der Waals surface area contributed by atoms with Crippen LogP contribution in [0.25, 0.3) is 65.3 Å². The van der Waals surface area contributed by atoms with Gasteiger partial charge in [0, 0.05) is 28.0 Å². The second-order valence-electron chi connectivity index (χ2n) is 14.9. The summed E-state index contributed by atoms with van der Waals surface area (Å²) in [6, 6.07) is 70.3. The largest absolute Gasteiger partial charge is 0.310 e. The van der Waals surface area contributed by atoms with Crippen LogP contribution in [-0.4, -0.2) is 4.98 Å². The molecular weight excluding hydrogens is 685 g/mol. The van der Waals surface area contributed by atoms with Gasteiger partial charge in [-0.3, -0.25) is 0 Å². The number of nitrogens with zero attached hydrogens (tertiary/aromatic N) is 2. The van der Waals surface area contributed by atoms with E-state index in [1.165, 1.54) is 60.3 Å². The van der Waals surface area contributed by atoms with Crippen molar-refractivity contribution in [3.05, 3.63) is 205 Å². The van der Waals surface area contributed by atoms with Crippen molar-refractivity contribution in [2.24, 2.45) is 0 Å². The number of thiazole rings is 1. The molecule has 0 saturated heterocycles. The second kappa shape index (κ2) is 13.4. The van der Waals surface area contributed by atoms with Gasteiger partial charge in [0.15, 0.2) is 0 Å². The minimum Gasteiger partial charge on any atom is -0.310 e. The van der Waals surface area contributed by atoms with Gasteiger partial charge >= 0.3 is 0 Å². The molecule has 0 N–H and O–H groups in total. The van der Waals surface area contributed by atoms with Gasteiger partial charge in [-0.05, 0) is 104 Å². The molecule has 262 valence electrons. The molecule has 3 heteroatoms. The van der Waals surface area contributed by atoms with Crippen molar-refractivity contribution in [3.63, 3.8) is 0 Å². The number of hydrogen-bond acceptors (Lipinski definition) is 3. The average molecular weight is 723 g/mol. The molecule has 10 rings (SSSR count). The highest BCUT2D eigenvalue weighted by Gasteiger charge is 2.35. The van der Waals surface area contributed by atoms with E-state index in [0.717, 1.165) is 33.1 Å². The van der Waals surface area contributed by atoms with Crippen LogP contribution in [0.15, 0.2) is 194 Å². The zero-order valence-electron chi connectivity index (χ0n) is 30.8. The van der Waals surface area contributed by atoms with Crippen molar-refractivity contribution < 1.29 is 0 Å². The van der Waals surface area contributed by atoms with Crippen molar-refractivity contribution in [1.82, 2.24) is 4.98 Å². The molecule has 55 heavy (non-hydrogen) atoms. The molecule has 0 radical (unpaired) electrons. The Bertz CT molecular complexity index is 2760. The molecule has 2 nitrogen and oxygen atoms in total. The van der Waals surface area contributed by atoms with E-state index in [0.29, 0.717) is 0 Å². The zero-order chi connectivity index (χ0) is 36.9. The van der Waals surface area contributed by atoms with Crippen LogP contribution in [0, 0.1) is 0 Å². The van der Waals surface area contributed by atoms with E-state index in [-0.39, 0.29) is 5.41 Å². The predicted molar refractivity (Wildman–Crippen MR) is 234 cm³/mol. The fraction of sp³-hybridized carbons (Fsp3) is 0.0577. The normalized spacial score (nSPS) is 12.7. The van der Waals surface area contributed by atoms with Crippen LogP contribution in [0.2, 0.25) is 0 Å². The quantitative estimate of drug-likeness (QED) is 0.163. The summed E-state index contributed by atoms with van der Waals surface area (Å²) < 4.78 is 1.17. The van der Waals surface area contributed by atoms with Crippen LogP contribution < -0.4 is 4.90 Å². The van der Waals surface area contributed by atoms with E-state index >= 15 is 0 Å². The summed E-state index contributed by atoms with van der Waals surface area (Å²) in [4.78, 5) is 7.67. The maximum atomic E-state index is 5.25. The summed E-state index contributed by atoms with van der Waals surface area (Å²) in [6.07, 6.45) is 0. The number of benzene rings is 8. The lowest BCUT2D eigenvalue weighted by molar-refractivity contribution is 0.660. The van der Waals surface area contributed by atoms with Gasteiger partial charge in [-0.2, -0.15) is 0 Å². The van der Waals surface area contributed by atoms with Crippen LogP contribution >= 0.6 is 11.3 Å². The summed E-state index contributed by atoms with van der Waals surface area (Å²) in [7, 11) is 0. The maximum Gasteiger partial charge on any atom is 0.124 e. The van der Waals surface area contributed by atoms with Crippen LogP contribution in [0.5, 0.6) is 0 Å². The summed E-state index contributed by atoms with van der Waals surface area (Å²) in [6.45, 7) is 4.70. The number of anilines is 3. The Labute approximate surface area is 326 Å². The first kappa shape index (κ1) is 33.1. The molecule has 0 spiro atoms. The smallest absolute Gasteiger partial charge is 0.124 e. The zero-order valence-corrected chi connectivity index (χ0v) is 31.6. The van der Waals surface area contributed by atoms with Gasteiger partial charge in [0.2, 0.25) is 0 Å². The molecule has 1 aliphatic carbocycles. The van der Waals surface area contributed by atoms with Crippen molar-refractivity contribution in [1.29, 1.82) is 0 Å². The van der Waals surface area contributed by atoms with Crippen molar-refractivity contribution in [2.45, 2.75) is 19.3 Å². The molecule has 0 aliphatic heterocycles. The number of rotatable bonds is 7. The first-order chi connectivity index (χ1) is 27.0. The van der Waals surface area contributed by atoms with Crippen molar-refractivity contribution >= 4 is 38.6 Å². The average Bonchev–Trinajstić information content (AvgIpc) is 3.78. The third-order valence-corrected chi connectivity index (χ3v) is 12.2. The molecule has 0 bridgehead atoms. The standard InChI is InChI=1S/C52H38N2S/c1-52(2)47-21-13-12-20-45(47)46-28-26-42(33-48(46)52)54(44-31-40(36-16-8-4-9-17-36)30-41(32-44)37-18-10-5-11-19-37)43-27-29-50-49(34-43)53-51(55-50)39-24-22-38(23-25-39)35-14-6-3-7-15-35/h3-34H,1-2H3. The number of aromatic nitrogens is 1. The topological polar surface area (TPSA) is 16.1 Å². The minimum absolute atomic E-state index is 0.126. The van der Waals surface area contributed by atoms with E-state index in [2.05, 4.69) is 213 Å². The van der Waals surface area contributed by atoms with Gasteiger partial charge < -0.3 is 4.90 Å². The summed E-state index contributed by atoms with van der Waals surface area (Å²) in [5.41, 5.74) is 17.8. The fourth-order valence-electron chi connectivity index (χ4n) is 8.23. The highest BCUT2D eigenvalue weighted by molar-refractivity contribution is 7.21. The lowest BCUT2D eigenvalue weighted by atomic mass is 9.82. The summed E-state index contributed by atoms with van der Waals surface area (Å²) >= 11 is 1.74. The van der Waals surface area contributed by atoms with Gasteiger partial charge in [-0.1, -0.05) is 159 Å². The molecule has 0 unspecified atom stereocenters. The lowest BCUT2D eigenvalue weighted by Crippen LogP contribution is -2.16. The lowest BCUT2D eigenvalue weighted by Gasteiger charge is -2.29. The second-order valence-corrected chi connectivity index (χ2v) is 15.9. The van der Waals surface area contributed by atoms with E-state index in [1.54, 1.807) is 11.3 Å². The van der Waals surface area contributed by atoms with Crippen LogP contribution in [0.3, 0.4) is 0 Å². The molecule has 0 atom stereocenters. The van der Waals surface area contributed by atoms with Gasteiger partial charge in [0.25, 0.3) is 0 Å². The highest BCUT2D eigenvalue weighted by atomic mass is 32.1. The Balaban J connectivity index is 1.14. The van der Waals surface area contributed by atoms with E-state index in [9.17, 15) is 0 Å². The Morgan fingerprint density at radius 2 is 0.909 bits per heavy atom. The van der Waals surface area contributed by atoms with E-state index in [4.69, 9.17) is 4.98 Å². The Hall–Kier alpha value is -6.55. The molecule has 0 fully saturated rings. The molecule has 0 saturated carbocycles. The SMILES string of the molecule is CC1(C)c2ccccc2-c2ccc(N(c3cc(-c4ccccc4)cc(-c4ccccc4)c3)c3ccc4sc(-c5ccc(-c6ccccc6)cc5)nc4c3)cc21. The molecule has 1 aliphatic rings. The highest BCUT2D eigenvalue weighted by Crippen LogP contribution is 2.51. The van der Waals surface area contributed by atoms with E-state index in [1.807, 2.05) is 0 Å². The molecule has 0 amide bonds. The Kier molecular flexibility index (Phi) is 8.04. The van der Waals surface area contributed by atoms with Crippen LogP contribution in [0.1, 0.15) is 25.0 Å².